The van der Waals surface area contributed by atoms with E-state index in [-0.39, 0.29) is 5.41 Å². The molecule has 0 bridgehead atoms. The lowest BCUT2D eigenvalue weighted by atomic mass is 9.76. The summed E-state index contributed by atoms with van der Waals surface area (Å²) in [5.74, 6) is -0.634. The summed E-state index contributed by atoms with van der Waals surface area (Å²) < 4.78 is 0. The highest BCUT2D eigenvalue weighted by Gasteiger charge is 2.24. The summed E-state index contributed by atoms with van der Waals surface area (Å²) in [4.78, 5) is 11.0. The van der Waals surface area contributed by atoms with Crippen LogP contribution in [0.1, 0.15) is 136 Å². The maximum Gasteiger partial charge on any atom is 0.303 e. The van der Waals surface area contributed by atoms with Gasteiger partial charge in [0.05, 0.1) is 0 Å². The van der Waals surface area contributed by atoms with E-state index in [2.05, 4.69) is 20.8 Å². The van der Waals surface area contributed by atoms with Gasteiger partial charge < -0.3 is 5.11 Å². The van der Waals surface area contributed by atoms with Gasteiger partial charge in [0.2, 0.25) is 0 Å². The molecule has 0 aliphatic carbocycles. The maximum absolute atomic E-state index is 11.0. The van der Waals surface area contributed by atoms with Gasteiger partial charge >= 0.3 is 5.97 Å². The standard InChI is InChI=1S/C23H46O2/c1-4-6-8-10-12-14-16-19-23(3,21-18-22(24)25)20-17-15-13-11-9-7-5-2/h4-21H2,1-3H3,(H,24,25). The summed E-state index contributed by atoms with van der Waals surface area (Å²) >= 11 is 0. The Hall–Kier alpha value is -0.530. The van der Waals surface area contributed by atoms with Crippen molar-refractivity contribution < 1.29 is 9.90 Å². The fourth-order valence-electron chi connectivity index (χ4n) is 3.80. The lowest BCUT2D eigenvalue weighted by Gasteiger charge is -2.29. The Balaban J connectivity index is 3.96. The normalized spacial score (nSPS) is 11.8. The van der Waals surface area contributed by atoms with Gasteiger partial charge in [0.15, 0.2) is 0 Å². The van der Waals surface area contributed by atoms with Crippen LogP contribution in [0.15, 0.2) is 0 Å². The van der Waals surface area contributed by atoms with Crippen LogP contribution in [0.2, 0.25) is 0 Å². The van der Waals surface area contributed by atoms with E-state index < -0.39 is 5.97 Å². The van der Waals surface area contributed by atoms with Crippen molar-refractivity contribution in [1.82, 2.24) is 0 Å². The van der Waals surface area contributed by atoms with Crippen LogP contribution >= 0.6 is 0 Å². The van der Waals surface area contributed by atoms with E-state index in [1.807, 2.05) is 0 Å². The Labute approximate surface area is 158 Å². The molecule has 0 rings (SSSR count). The minimum Gasteiger partial charge on any atom is -0.481 e. The minimum absolute atomic E-state index is 0.241. The zero-order valence-electron chi connectivity index (χ0n) is 17.6. The van der Waals surface area contributed by atoms with E-state index in [4.69, 9.17) is 5.11 Å². The molecule has 0 atom stereocenters. The van der Waals surface area contributed by atoms with Crippen molar-refractivity contribution in [3.63, 3.8) is 0 Å². The van der Waals surface area contributed by atoms with E-state index in [0.29, 0.717) is 6.42 Å². The molecule has 0 aromatic carbocycles. The third kappa shape index (κ3) is 16.7. The third-order valence-corrected chi connectivity index (χ3v) is 5.71. The van der Waals surface area contributed by atoms with Crippen LogP contribution in [0.3, 0.4) is 0 Å². The smallest absolute Gasteiger partial charge is 0.303 e. The summed E-state index contributed by atoms with van der Waals surface area (Å²) in [5.41, 5.74) is 0.241. The van der Waals surface area contributed by atoms with Gasteiger partial charge in [-0.25, -0.2) is 0 Å². The number of carboxylic acid groups (broad SMARTS) is 1. The van der Waals surface area contributed by atoms with Crippen molar-refractivity contribution in [3.8, 4) is 0 Å². The molecule has 0 aromatic rings. The second kappa shape index (κ2) is 16.9. The molecule has 0 unspecified atom stereocenters. The van der Waals surface area contributed by atoms with Crippen molar-refractivity contribution in [2.45, 2.75) is 136 Å². The van der Waals surface area contributed by atoms with Crippen molar-refractivity contribution >= 4 is 5.97 Å². The average Bonchev–Trinajstić information content (AvgIpc) is 2.59. The number of unbranched alkanes of at least 4 members (excludes halogenated alkanes) is 12. The van der Waals surface area contributed by atoms with E-state index in [1.54, 1.807) is 0 Å². The zero-order chi connectivity index (χ0) is 18.8. The predicted molar refractivity (Wildman–Crippen MR) is 110 cm³/mol. The average molecular weight is 355 g/mol. The molecule has 0 fully saturated rings. The molecular weight excluding hydrogens is 308 g/mol. The number of rotatable bonds is 19. The van der Waals surface area contributed by atoms with E-state index in [1.165, 1.54) is 103 Å². The fraction of sp³-hybridized carbons (Fsp3) is 0.957. The van der Waals surface area contributed by atoms with Crippen LogP contribution in [-0.4, -0.2) is 11.1 Å². The van der Waals surface area contributed by atoms with Gasteiger partial charge in [0, 0.05) is 6.42 Å². The largest absolute Gasteiger partial charge is 0.481 e. The summed E-state index contributed by atoms with van der Waals surface area (Å²) in [6.45, 7) is 6.86. The third-order valence-electron chi connectivity index (χ3n) is 5.71. The molecule has 0 spiro atoms. The van der Waals surface area contributed by atoms with Crippen molar-refractivity contribution in [2.75, 3.05) is 0 Å². The van der Waals surface area contributed by atoms with Gasteiger partial charge in [0.1, 0.15) is 0 Å². The molecule has 1 N–H and O–H groups in total. The first-order valence-electron chi connectivity index (χ1n) is 11.3. The van der Waals surface area contributed by atoms with Gasteiger partial charge in [-0.15, -0.1) is 0 Å². The Morgan fingerprint density at radius 2 is 1.00 bits per heavy atom. The van der Waals surface area contributed by atoms with Crippen LogP contribution in [0.4, 0.5) is 0 Å². The molecule has 0 aromatic heterocycles. The fourth-order valence-corrected chi connectivity index (χ4v) is 3.80. The lowest BCUT2D eigenvalue weighted by molar-refractivity contribution is -0.137. The van der Waals surface area contributed by atoms with Crippen LogP contribution in [0, 0.1) is 5.41 Å². The highest BCUT2D eigenvalue weighted by molar-refractivity contribution is 5.66. The first-order valence-corrected chi connectivity index (χ1v) is 11.3. The quantitative estimate of drug-likeness (QED) is 0.238. The number of hydrogen-bond donors (Lipinski definition) is 1. The minimum atomic E-state index is -0.634. The number of carboxylic acids is 1. The van der Waals surface area contributed by atoms with Crippen LogP contribution in [0.5, 0.6) is 0 Å². The SMILES string of the molecule is CCCCCCCCCC(C)(CCCCCCCCC)CCC(=O)O. The molecule has 2 heteroatoms. The van der Waals surface area contributed by atoms with Crippen LogP contribution in [0.25, 0.3) is 0 Å². The topological polar surface area (TPSA) is 37.3 Å². The van der Waals surface area contributed by atoms with Crippen molar-refractivity contribution in [3.05, 3.63) is 0 Å². The Morgan fingerprint density at radius 1 is 0.640 bits per heavy atom. The number of carbonyl (C=O) groups is 1. The van der Waals surface area contributed by atoms with E-state index in [9.17, 15) is 4.79 Å². The molecule has 0 saturated carbocycles. The van der Waals surface area contributed by atoms with Gasteiger partial charge in [-0.3, -0.25) is 4.79 Å². The van der Waals surface area contributed by atoms with Crippen LogP contribution < -0.4 is 0 Å². The molecule has 150 valence electrons. The zero-order valence-corrected chi connectivity index (χ0v) is 17.6. The monoisotopic (exact) mass is 354 g/mol. The summed E-state index contributed by atoms with van der Waals surface area (Å²) in [7, 11) is 0. The summed E-state index contributed by atoms with van der Waals surface area (Å²) in [5, 5.41) is 9.06. The second-order valence-corrected chi connectivity index (χ2v) is 8.45. The Kier molecular flexibility index (Phi) is 16.6. The predicted octanol–water partition coefficient (Wildman–Crippen LogP) is 8.14. The maximum atomic E-state index is 11.0. The molecule has 2 nitrogen and oxygen atoms in total. The van der Waals surface area contributed by atoms with E-state index in [0.717, 1.165) is 6.42 Å². The molecule has 0 amide bonds. The molecule has 25 heavy (non-hydrogen) atoms. The van der Waals surface area contributed by atoms with Gasteiger partial charge in [-0.2, -0.15) is 0 Å². The molecule has 0 radical (unpaired) electrons. The van der Waals surface area contributed by atoms with Gasteiger partial charge in [0.25, 0.3) is 0 Å². The first kappa shape index (κ1) is 24.5. The molecular formula is C23H46O2. The van der Waals surface area contributed by atoms with Gasteiger partial charge in [-0.05, 0) is 24.7 Å². The summed E-state index contributed by atoms with van der Waals surface area (Å²) in [6, 6.07) is 0. The van der Waals surface area contributed by atoms with Crippen molar-refractivity contribution in [2.24, 2.45) is 5.41 Å². The molecule has 0 aliphatic heterocycles. The Bertz CT molecular complexity index is 280. The highest BCUT2D eigenvalue weighted by atomic mass is 16.4. The number of hydrogen-bond acceptors (Lipinski definition) is 1. The number of aliphatic carboxylic acids is 1. The summed E-state index contributed by atoms with van der Waals surface area (Å²) in [6.07, 6.45) is 22.4. The molecule has 0 heterocycles. The Morgan fingerprint density at radius 3 is 1.36 bits per heavy atom. The lowest BCUT2D eigenvalue weighted by Crippen LogP contribution is -2.18. The van der Waals surface area contributed by atoms with Gasteiger partial charge in [-0.1, -0.05) is 111 Å². The first-order chi connectivity index (χ1) is 12.0. The highest BCUT2D eigenvalue weighted by Crippen LogP contribution is 2.36. The molecule has 0 aliphatic rings. The van der Waals surface area contributed by atoms with Crippen LogP contribution in [-0.2, 0) is 4.79 Å². The van der Waals surface area contributed by atoms with E-state index >= 15 is 0 Å². The molecule has 0 saturated heterocycles. The second-order valence-electron chi connectivity index (χ2n) is 8.45. The van der Waals surface area contributed by atoms with Crippen molar-refractivity contribution in [1.29, 1.82) is 0 Å².